The van der Waals surface area contributed by atoms with Gasteiger partial charge in [-0.15, -0.1) is 0 Å². The van der Waals surface area contributed by atoms with Crippen LogP contribution in [0.5, 0.6) is 0 Å². The highest BCUT2D eigenvalue weighted by atomic mass is 19.1. The third-order valence-electron chi connectivity index (χ3n) is 3.64. The Bertz CT molecular complexity index is 693. The Balaban J connectivity index is 1.93. The molecule has 2 rings (SSSR count). The first-order valence-electron chi connectivity index (χ1n) is 8.41. The van der Waals surface area contributed by atoms with Crippen LogP contribution in [0.25, 0.3) is 0 Å². The summed E-state index contributed by atoms with van der Waals surface area (Å²) in [5, 5.41) is 10.1. The number of guanidine groups is 1. The number of aromatic nitrogens is 1. The molecule has 0 bridgehead atoms. The van der Waals surface area contributed by atoms with Crippen molar-refractivity contribution in [2.45, 2.75) is 39.7 Å². The molecule has 0 aliphatic rings. The van der Waals surface area contributed by atoms with Crippen LogP contribution in [0, 0.1) is 11.6 Å². The van der Waals surface area contributed by atoms with Gasteiger partial charge in [0.15, 0.2) is 11.7 Å². The number of nitrogens with zero attached hydrogens (tertiary/aromatic N) is 2. The maximum atomic E-state index is 13.6. The van der Waals surface area contributed by atoms with Gasteiger partial charge in [0.2, 0.25) is 0 Å². The molecule has 2 N–H and O–H groups in total. The zero-order valence-corrected chi connectivity index (χ0v) is 14.8. The summed E-state index contributed by atoms with van der Waals surface area (Å²) in [7, 11) is 0. The van der Waals surface area contributed by atoms with E-state index in [1.807, 2.05) is 26.8 Å². The van der Waals surface area contributed by atoms with E-state index < -0.39 is 11.6 Å². The Morgan fingerprint density at radius 2 is 1.96 bits per heavy atom. The first-order valence-corrected chi connectivity index (χ1v) is 8.41. The fraction of sp³-hybridized carbons (Fsp3) is 0.444. The quantitative estimate of drug-likeness (QED) is 0.594. The van der Waals surface area contributed by atoms with Crippen molar-refractivity contribution < 1.29 is 13.3 Å². The number of rotatable bonds is 7. The molecular weight excluding hydrogens is 326 g/mol. The summed E-state index contributed by atoms with van der Waals surface area (Å²) in [6.45, 7) is 7.39. The Morgan fingerprint density at radius 3 is 2.56 bits per heavy atom. The number of hydrogen-bond acceptors (Lipinski definition) is 3. The average molecular weight is 350 g/mol. The highest BCUT2D eigenvalue weighted by Gasteiger charge is 2.09. The number of aliphatic imine (C=N–C) groups is 1. The third kappa shape index (κ3) is 5.55. The summed E-state index contributed by atoms with van der Waals surface area (Å²) in [4.78, 5) is 4.41. The zero-order chi connectivity index (χ0) is 18.2. The van der Waals surface area contributed by atoms with Crippen molar-refractivity contribution in [2.24, 2.45) is 4.99 Å². The van der Waals surface area contributed by atoms with Gasteiger partial charge in [0, 0.05) is 24.7 Å². The fourth-order valence-corrected chi connectivity index (χ4v) is 2.25. The van der Waals surface area contributed by atoms with E-state index in [0.29, 0.717) is 37.3 Å². The van der Waals surface area contributed by atoms with Crippen LogP contribution in [0.15, 0.2) is 33.8 Å². The maximum absolute atomic E-state index is 13.6. The molecule has 0 aliphatic heterocycles. The molecule has 0 unspecified atom stereocenters. The van der Waals surface area contributed by atoms with E-state index in [-0.39, 0.29) is 12.0 Å². The number of hydrogen-bond donors (Lipinski definition) is 2. The van der Waals surface area contributed by atoms with E-state index in [1.165, 1.54) is 18.2 Å². The van der Waals surface area contributed by atoms with Crippen LogP contribution in [-0.2, 0) is 13.0 Å². The van der Waals surface area contributed by atoms with Crippen molar-refractivity contribution >= 4 is 5.96 Å². The van der Waals surface area contributed by atoms with Crippen LogP contribution in [0.2, 0.25) is 0 Å². The SMILES string of the molecule is CCNC(=NCc1cc(C(C)C)no1)NCCc1c(F)cccc1F. The minimum absolute atomic E-state index is 0.0719. The maximum Gasteiger partial charge on any atom is 0.191 e. The molecule has 0 spiro atoms. The van der Waals surface area contributed by atoms with E-state index in [1.54, 1.807) is 0 Å². The third-order valence-corrected chi connectivity index (χ3v) is 3.64. The van der Waals surface area contributed by atoms with Gasteiger partial charge in [0.25, 0.3) is 0 Å². The van der Waals surface area contributed by atoms with E-state index in [2.05, 4.69) is 20.8 Å². The molecule has 0 radical (unpaired) electrons. The Hall–Kier alpha value is -2.44. The van der Waals surface area contributed by atoms with Gasteiger partial charge >= 0.3 is 0 Å². The topological polar surface area (TPSA) is 62.5 Å². The van der Waals surface area contributed by atoms with E-state index in [0.717, 1.165) is 5.69 Å². The Kier molecular flexibility index (Phi) is 6.91. The van der Waals surface area contributed by atoms with Crippen LogP contribution in [-0.4, -0.2) is 24.2 Å². The first kappa shape index (κ1) is 18.9. The Morgan fingerprint density at radius 1 is 1.24 bits per heavy atom. The van der Waals surface area contributed by atoms with Gasteiger partial charge in [-0.3, -0.25) is 0 Å². The van der Waals surface area contributed by atoms with Crippen molar-refractivity contribution in [2.75, 3.05) is 13.1 Å². The van der Waals surface area contributed by atoms with Crippen molar-refractivity contribution in [3.63, 3.8) is 0 Å². The van der Waals surface area contributed by atoms with E-state index in [9.17, 15) is 8.78 Å². The van der Waals surface area contributed by atoms with Crippen molar-refractivity contribution in [3.05, 3.63) is 52.9 Å². The minimum atomic E-state index is -0.536. The lowest BCUT2D eigenvalue weighted by atomic mass is 10.1. The molecule has 1 aromatic heterocycles. The summed E-state index contributed by atoms with van der Waals surface area (Å²) in [6.07, 6.45) is 0.225. The largest absolute Gasteiger partial charge is 0.359 e. The summed E-state index contributed by atoms with van der Waals surface area (Å²) in [6, 6.07) is 5.75. The molecule has 25 heavy (non-hydrogen) atoms. The van der Waals surface area contributed by atoms with Gasteiger partial charge in [-0.2, -0.15) is 0 Å². The molecule has 1 aromatic carbocycles. The minimum Gasteiger partial charge on any atom is -0.359 e. The standard InChI is InChI=1S/C18H24F2N4O/c1-4-21-18(23-11-13-10-17(12(2)3)24-25-13)22-9-8-14-15(19)6-5-7-16(14)20/h5-7,10,12H,4,8-9,11H2,1-3H3,(H2,21,22,23). The zero-order valence-electron chi connectivity index (χ0n) is 14.8. The van der Waals surface area contributed by atoms with Crippen molar-refractivity contribution in [1.82, 2.24) is 15.8 Å². The van der Waals surface area contributed by atoms with Crippen LogP contribution in [0.3, 0.4) is 0 Å². The molecule has 2 aromatic rings. The second kappa shape index (κ2) is 9.15. The molecule has 7 heteroatoms. The van der Waals surface area contributed by atoms with Gasteiger partial charge in [0.1, 0.15) is 18.2 Å². The number of benzene rings is 1. The molecule has 0 saturated heterocycles. The van der Waals surface area contributed by atoms with Crippen molar-refractivity contribution in [1.29, 1.82) is 0 Å². The van der Waals surface area contributed by atoms with Gasteiger partial charge in [-0.05, 0) is 31.4 Å². The normalized spacial score (nSPS) is 11.8. The van der Waals surface area contributed by atoms with Crippen LogP contribution < -0.4 is 10.6 Å². The summed E-state index contributed by atoms with van der Waals surface area (Å²) in [5.74, 6) is 0.449. The first-order chi connectivity index (χ1) is 12.0. The van der Waals surface area contributed by atoms with Crippen LogP contribution in [0.1, 0.15) is 43.7 Å². The molecule has 0 fully saturated rings. The lowest BCUT2D eigenvalue weighted by molar-refractivity contribution is 0.376. The van der Waals surface area contributed by atoms with Gasteiger partial charge in [0.05, 0.1) is 5.69 Å². The summed E-state index contributed by atoms with van der Waals surface area (Å²) < 4.78 is 32.5. The molecule has 1 heterocycles. The predicted octanol–water partition coefficient (Wildman–Crippen LogP) is 3.37. The van der Waals surface area contributed by atoms with E-state index in [4.69, 9.17) is 4.52 Å². The highest BCUT2D eigenvalue weighted by Crippen LogP contribution is 2.14. The molecule has 5 nitrogen and oxygen atoms in total. The van der Waals surface area contributed by atoms with Gasteiger partial charge in [-0.1, -0.05) is 25.1 Å². The lowest BCUT2D eigenvalue weighted by Gasteiger charge is -2.11. The Labute approximate surface area is 146 Å². The van der Waals surface area contributed by atoms with Gasteiger partial charge < -0.3 is 15.2 Å². The fourth-order valence-electron chi connectivity index (χ4n) is 2.25. The monoisotopic (exact) mass is 350 g/mol. The second-order valence-electron chi connectivity index (χ2n) is 5.94. The van der Waals surface area contributed by atoms with E-state index >= 15 is 0 Å². The molecule has 0 atom stereocenters. The smallest absolute Gasteiger partial charge is 0.191 e. The molecule has 0 saturated carbocycles. The average Bonchev–Trinajstić information content (AvgIpc) is 3.04. The molecule has 136 valence electrons. The molecular formula is C18H24F2N4O. The van der Waals surface area contributed by atoms with Crippen LogP contribution in [0.4, 0.5) is 8.78 Å². The second-order valence-corrected chi connectivity index (χ2v) is 5.94. The van der Waals surface area contributed by atoms with Gasteiger partial charge in [-0.25, -0.2) is 13.8 Å². The van der Waals surface area contributed by atoms with Crippen LogP contribution >= 0.6 is 0 Å². The highest BCUT2D eigenvalue weighted by molar-refractivity contribution is 5.79. The molecule has 0 amide bonds. The number of halogens is 2. The summed E-state index contributed by atoms with van der Waals surface area (Å²) >= 11 is 0. The lowest BCUT2D eigenvalue weighted by Crippen LogP contribution is -2.38. The molecule has 0 aliphatic carbocycles. The summed E-state index contributed by atoms with van der Waals surface area (Å²) in [5.41, 5.74) is 0.959. The predicted molar refractivity (Wildman–Crippen MR) is 93.5 cm³/mol. The van der Waals surface area contributed by atoms with Crippen molar-refractivity contribution in [3.8, 4) is 0 Å². The number of nitrogens with one attached hydrogen (secondary N) is 2.